The van der Waals surface area contributed by atoms with Crippen molar-refractivity contribution in [3.05, 3.63) is 86.2 Å². The first kappa shape index (κ1) is 19.5. The van der Waals surface area contributed by atoms with Crippen LogP contribution in [-0.2, 0) is 11.2 Å². The van der Waals surface area contributed by atoms with Crippen molar-refractivity contribution in [3.8, 4) is 10.4 Å². The van der Waals surface area contributed by atoms with Crippen LogP contribution in [0.5, 0.6) is 0 Å². The first-order valence-electron chi connectivity index (χ1n) is 8.00. The molecule has 0 saturated carbocycles. The van der Waals surface area contributed by atoms with Gasteiger partial charge in [-0.05, 0) is 52.4 Å². The number of carboxylic acid groups (broad SMARTS) is 1. The van der Waals surface area contributed by atoms with E-state index in [1.165, 1.54) is 17.4 Å². The largest absolute Gasteiger partial charge is 0.478 e. The van der Waals surface area contributed by atoms with Gasteiger partial charge in [0.15, 0.2) is 5.78 Å². The van der Waals surface area contributed by atoms with E-state index in [9.17, 15) is 14.7 Å². The van der Waals surface area contributed by atoms with Crippen LogP contribution in [0, 0.1) is 0 Å². The van der Waals surface area contributed by atoms with E-state index >= 15 is 0 Å². The first-order chi connectivity index (χ1) is 13.0. The summed E-state index contributed by atoms with van der Waals surface area (Å²) in [4.78, 5) is 24.8. The zero-order valence-electron chi connectivity index (χ0n) is 14.0. The van der Waals surface area contributed by atoms with E-state index in [0.717, 1.165) is 15.6 Å². The van der Waals surface area contributed by atoms with Crippen LogP contribution in [0.3, 0.4) is 0 Å². The Morgan fingerprint density at radius 2 is 1.81 bits per heavy atom. The summed E-state index contributed by atoms with van der Waals surface area (Å²) in [6.45, 7) is 0. The quantitative estimate of drug-likeness (QED) is 0.435. The van der Waals surface area contributed by atoms with E-state index < -0.39 is 5.97 Å². The van der Waals surface area contributed by atoms with Gasteiger partial charge < -0.3 is 5.11 Å². The number of hydrogen-bond acceptors (Lipinski definition) is 3. The predicted molar refractivity (Wildman–Crippen MR) is 114 cm³/mol. The van der Waals surface area contributed by atoms with Crippen molar-refractivity contribution >= 4 is 56.7 Å². The molecule has 0 aliphatic carbocycles. The molecule has 6 heteroatoms. The number of carbonyl (C=O) groups excluding carboxylic acids is 1. The standard InChI is InChI=1S/C21H14BrClO3S/c22-16-8-5-14(6-9-16)20-19(21(25)26)15(12-27-20)11-17(24)10-7-13-3-1-2-4-18(13)23/h1-10,12H,11H2,(H,25,26)/b10-7+. The fourth-order valence-electron chi connectivity index (χ4n) is 2.61. The van der Waals surface area contributed by atoms with Crippen molar-refractivity contribution in [1.29, 1.82) is 0 Å². The maximum Gasteiger partial charge on any atom is 0.337 e. The lowest BCUT2D eigenvalue weighted by atomic mass is 10.0. The van der Waals surface area contributed by atoms with Gasteiger partial charge >= 0.3 is 5.97 Å². The zero-order chi connectivity index (χ0) is 19.4. The molecule has 0 aliphatic rings. The Balaban J connectivity index is 1.85. The number of ketones is 1. The van der Waals surface area contributed by atoms with Gasteiger partial charge in [0.25, 0.3) is 0 Å². The normalized spacial score (nSPS) is 11.0. The summed E-state index contributed by atoms with van der Waals surface area (Å²) >= 11 is 10.8. The van der Waals surface area contributed by atoms with Gasteiger partial charge in [-0.3, -0.25) is 4.79 Å². The van der Waals surface area contributed by atoms with Crippen molar-refractivity contribution < 1.29 is 14.7 Å². The van der Waals surface area contributed by atoms with E-state index in [0.29, 0.717) is 15.5 Å². The van der Waals surface area contributed by atoms with Crippen LogP contribution < -0.4 is 0 Å². The number of hydrogen-bond donors (Lipinski definition) is 1. The molecular weight excluding hydrogens is 448 g/mol. The highest BCUT2D eigenvalue weighted by Crippen LogP contribution is 2.34. The molecule has 0 bridgehead atoms. The molecule has 1 heterocycles. The topological polar surface area (TPSA) is 54.4 Å². The number of benzene rings is 2. The number of allylic oxidation sites excluding steroid dienone is 1. The Labute approximate surface area is 174 Å². The van der Waals surface area contributed by atoms with E-state index in [1.807, 2.05) is 42.5 Å². The second-order valence-electron chi connectivity index (χ2n) is 5.78. The molecule has 0 unspecified atom stereocenters. The maximum absolute atomic E-state index is 12.3. The molecule has 3 aromatic rings. The van der Waals surface area contributed by atoms with Crippen LogP contribution in [0.15, 0.2) is 64.5 Å². The SMILES string of the molecule is O=C(/C=C/c1ccccc1Cl)Cc1csc(-c2ccc(Br)cc2)c1C(=O)O. The van der Waals surface area contributed by atoms with Gasteiger partial charge in [-0.25, -0.2) is 4.79 Å². The van der Waals surface area contributed by atoms with Crippen molar-refractivity contribution in [2.24, 2.45) is 0 Å². The number of halogens is 2. The number of aromatic carboxylic acids is 1. The number of carbonyl (C=O) groups is 2. The summed E-state index contributed by atoms with van der Waals surface area (Å²) in [6, 6.07) is 14.6. The highest BCUT2D eigenvalue weighted by molar-refractivity contribution is 9.10. The summed E-state index contributed by atoms with van der Waals surface area (Å²) in [6.07, 6.45) is 3.10. The summed E-state index contributed by atoms with van der Waals surface area (Å²) in [5, 5.41) is 12.0. The summed E-state index contributed by atoms with van der Waals surface area (Å²) in [5.41, 5.74) is 2.25. The van der Waals surface area contributed by atoms with E-state index in [1.54, 1.807) is 17.5 Å². The minimum atomic E-state index is -1.04. The minimum absolute atomic E-state index is 0.0234. The van der Waals surface area contributed by atoms with Gasteiger partial charge in [0, 0.05) is 20.8 Å². The van der Waals surface area contributed by atoms with Gasteiger partial charge in [0.1, 0.15) is 0 Å². The molecule has 3 nitrogen and oxygen atoms in total. The van der Waals surface area contributed by atoms with Gasteiger partial charge in [-0.1, -0.05) is 57.9 Å². The molecule has 2 aromatic carbocycles. The van der Waals surface area contributed by atoms with Crippen LogP contribution >= 0.6 is 38.9 Å². The summed E-state index contributed by atoms with van der Waals surface area (Å²) in [7, 11) is 0. The van der Waals surface area contributed by atoms with Crippen LogP contribution in [0.4, 0.5) is 0 Å². The molecule has 27 heavy (non-hydrogen) atoms. The Morgan fingerprint density at radius 3 is 2.48 bits per heavy atom. The van der Waals surface area contributed by atoms with Crippen LogP contribution in [0.25, 0.3) is 16.5 Å². The number of carboxylic acids is 1. The van der Waals surface area contributed by atoms with Gasteiger partial charge in [0.2, 0.25) is 0 Å². The lowest BCUT2D eigenvalue weighted by Gasteiger charge is -2.03. The molecule has 0 aliphatic heterocycles. The highest BCUT2D eigenvalue weighted by atomic mass is 79.9. The molecule has 0 saturated heterocycles. The highest BCUT2D eigenvalue weighted by Gasteiger charge is 2.20. The Bertz CT molecular complexity index is 1020. The summed E-state index contributed by atoms with van der Waals surface area (Å²) in [5.74, 6) is -1.22. The van der Waals surface area contributed by atoms with Gasteiger partial charge in [0.05, 0.1) is 5.56 Å². The third-order valence-electron chi connectivity index (χ3n) is 3.91. The monoisotopic (exact) mass is 460 g/mol. The molecule has 136 valence electrons. The van der Waals surface area contributed by atoms with E-state index in [2.05, 4.69) is 15.9 Å². The molecule has 3 rings (SSSR count). The Hall–Kier alpha value is -2.21. The van der Waals surface area contributed by atoms with Crippen molar-refractivity contribution in [1.82, 2.24) is 0 Å². The first-order valence-corrected chi connectivity index (χ1v) is 10.1. The molecule has 1 aromatic heterocycles. The number of thiophene rings is 1. The summed E-state index contributed by atoms with van der Waals surface area (Å²) < 4.78 is 0.916. The lowest BCUT2D eigenvalue weighted by Crippen LogP contribution is -2.05. The minimum Gasteiger partial charge on any atom is -0.478 e. The molecule has 0 fully saturated rings. The van der Waals surface area contributed by atoms with Crippen LogP contribution in [0.2, 0.25) is 5.02 Å². The molecule has 0 atom stereocenters. The van der Waals surface area contributed by atoms with E-state index in [4.69, 9.17) is 11.6 Å². The van der Waals surface area contributed by atoms with Crippen molar-refractivity contribution in [2.75, 3.05) is 0 Å². The Kier molecular flexibility index (Phi) is 6.26. The fourth-order valence-corrected chi connectivity index (χ4v) is 4.14. The molecule has 0 amide bonds. The average molecular weight is 462 g/mol. The Morgan fingerprint density at radius 1 is 1.11 bits per heavy atom. The second kappa shape index (κ2) is 8.65. The number of rotatable bonds is 6. The second-order valence-corrected chi connectivity index (χ2v) is 7.98. The zero-order valence-corrected chi connectivity index (χ0v) is 17.1. The van der Waals surface area contributed by atoms with Crippen molar-refractivity contribution in [3.63, 3.8) is 0 Å². The third-order valence-corrected chi connectivity index (χ3v) is 5.86. The van der Waals surface area contributed by atoms with Gasteiger partial charge in [-0.15, -0.1) is 11.3 Å². The lowest BCUT2D eigenvalue weighted by molar-refractivity contribution is -0.113. The fraction of sp³-hybridized carbons (Fsp3) is 0.0476. The smallest absolute Gasteiger partial charge is 0.337 e. The van der Waals surface area contributed by atoms with Crippen molar-refractivity contribution in [2.45, 2.75) is 6.42 Å². The third kappa shape index (κ3) is 4.75. The molecule has 1 N–H and O–H groups in total. The maximum atomic E-state index is 12.3. The molecule has 0 radical (unpaired) electrons. The molecule has 0 spiro atoms. The predicted octanol–water partition coefficient (Wildman–Crippen LogP) is 6.35. The van der Waals surface area contributed by atoms with Crippen LogP contribution in [-0.4, -0.2) is 16.9 Å². The average Bonchev–Trinajstić information content (AvgIpc) is 3.05. The molecular formula is C21H14BrClO3S. The van der Waals surface area contributed by atoms with Crippen LogP contribution in [0.1, 0.15) is 21.5 Å². The van der Waals surface area contributed by atoms with E-state index in [-0.39, 0.29) is 17.8 Å². The van der Waals surface area contributed by atoms with Gasteiger partial charge in [-0.2, -0.15) is 0 Å².